The zero-order chi connectivity index (χ0) is 18.3. The van der Waals surface area contributed by atoms with Crippen molar-refractivity contribution in [1.29, 1.82) is 0 Å². The molecule has 0 atom stereocenters. The quantitative estimate of drug-likeness (QED) is 0.576. The summed E-state index contributed by atoms with van der Waals surface area (Å²) in [5.41, 5.74) is 10.5. The van der Waals surface area contributed by atoms with Crippen LogP contribution in [0.15, 0.2) is 46.1 Å². The van der Waals surface area contributed by atoms with E-state index in [9.17, 15) is 0 Å². The van der Waals surface area contributed by atoms with Crippen molar-refractivity contribution >= 4 is 17.3 Å². The summed E-state index contributed by atoms with van der Waals surface area (Å²) in [6, 6.07) is 4.03. The molecule has 27 heavy (non-hydrogen) atoms. The molecule has 4 aromatic rings. The summed E-state index contributed by atoms with van der Waals surface area (Å²) < 4.78 is 5.45. The fourth-order valence-electron chi connectivity index (χ4n) is 3.33. The molecule has 0 aliphatic heterocycles. The van der Waals surface area contributed by atoms with E-state index in [4.69, 9.17) is 10.3 Å². The van der Waals surface area contributed by atoms with Crippen molar-refractivity contribution in [3.8, 4) is 22.8 Å². The van der Waals surface area contributed by atoms with E-state index in [1.807, 2.05) is 17.6 Å². The first-order valence-electron chi connectivity index (χ1n) is 8.52. The van der Waals surface area contributed by atoms with Gasteiger partial charge in [-0.2, -0.15) is 4.98 Å². The van der Waals surface area contributed by atoms with E-state index < -0.39 is 0 Å². The molecule has 0 amide bonds. The normalized spacial score (nSPS) is 15.4. The van der Waals surface area contributed by atoms with Crippen LogP contribution >= 0.6 is 11.3 Å². The van der Waals surface area contributed by atoms with Crippen LogP contribution in [0.25, 0.3) is 22.8 Å². The number of aromatic nitrogens is 6. The van der Waals surface area contributed by atoms with Crippen molar-refractivity contribution in [2.45, 2.75) is 24.7 Å². The van der Waals surface area contributed by atoms with Crippen molar-refractivity contribution in [3.63, 3.8) is 0 Å². The molecule has 0 saturated heterocycles. The summed E-state index contributed by atoms with van der Waals surface area (Å²) in [7, 11) is 0. The lowest BCUT2D eigenvalue weighted by Crippen LogP contribution is -2.36. The molecule has 4 heterocycles. The van der Waals surface area contributed by atoms with E-state index in [0.29, 0.717) is 17.4 Å². The van der Waals surface area contributed by atoms with Gasteiger partial charge in [-0.3, -0.25) is 4.98 Å². The van der Waals surface area contributed by atoms with Crippen LogP contribution in [0, 0.1) is 0 Å². The van der Waals surface area contributed by atoms with Crippen molar-refractivity contribution in [2.24, 2.45) is 0 Å². The molecular weight excluding hydrogens is 362 g/mol. The number of thiazole rings is 1. The number of anilines is 1. The van der Waals surface area contributed by atoms with Gasteiger partial charge < -0.3 is 10.3 Å². The molecule has 5 rings (SSSR count). The van der Waals surface area contributed by atoms with E-state index in [1.54, 1.807) is 17.9 Å². The lowest BCUT2D eigenvalue weighted by atomic mass is 9.64. The number of nitrogens with two attached hydrogens (primary N) is 1. The van der Waals surface area contributed by atoms with Crippen LogP contribution in [0.4, 0.5) is 5.95 Å². The first kappa shape index (κ1) is 16.0. The topological polar surface area (TPSA) is 116 Å². The molecule has 1 saturated carbocycles. The zero-order valence-electron chi connectivity index (χ0n) is 14.2. The summed E-state index contributed by atoms with van der Waals surface area (Å²) in [5.74, 6) is 1.40. The third kappa shape index (κ3) is 2.67. The van der Waals surface area contributed by atoms with Gasteiger partial charge >= 0.3 is 0 Å². The Hall–Kier alpha value is -3.20. The maximum Gasteiger partial charge on any atom is 0.277 e. The third-order valence-corrected chi connectivity index (χ3v) is 5.58. The Morgan fingerprint density at radius 1 is 1.00 bits per heavy atom. The standard InChI is InChI=1S/C18H15N7OS/c19-17-21-6-11(7-22-17)13-3-2-12(8-20-13)18(4-1-5-18)16-24-15(26-25-16)14-9-27-10-23-14/h2-3,6-10H,1,4-5H2,(H2,19,21,22). The first-order chi connectivity index (χ1) is 13.2. The molecular formula is C18H15N7OS. The fraction of sp³-hybridized carbons (Fsp3) is 0.222. The number of hydrogen-bond donors (Lipinski definition) is 1. The van der Waals surface area contributed by atoms with E-state index >= 15 is 0 Å². The third-order valence-electron chi connectivity index (χ3n) is 5.00. The van der Waals surface area contributed by atoms with Crippen LogP contribution < -0.4 is 5.73 Å². The highest BCUT2D eigenvalue weighted by Crippen LogP contribution is 2.48. The van der Waals surface area contributed by atoms with Gasteiger partial charge in [-0.15, -0.1) is 11.3 Å². The predicted molar refractivity (Wildman–Crippen MR) is 99.7 cm³/mol. The number of hydrogen-bond acceptors (Lipinski definition) is 9. The second-order valence-corrected chi connectivity index (χ2v) is 7.21. The molecule has 1 aliphatic carbocycles. The van der Waals surface area contributed by atoms with Crippen LogP contribution in [-0.4, -0.2) is 30.1 Å². The Morgan fingerprint density at radius 2 is 1.85 bits per heavy atom. The maximum atomic E-state index is 5.54. The second-order valence-electron chi connectivity index (χ2n) is 6.49. The monoisotopic (exact) mass is 377 g/mol. The van der Waals surface area contributed by atoms with Gasteiger partial charge in [-0.05, 0) is 24.5 Å². The smallest absolute Gasteiger partial charge is 0.277 e. The number of nitrogens with zero attached hydrogens (tertiary/aromatic N) is 6. The Bertz CT molecular complexity index is 1050. The molecule has 4 aromatic heterocycles. The number of rotatable bonds is 4. The number of pyridine rings is 1. The number of nitrogen functional groups attached to an aromatic ring is 1. The lowest BCUT2D eigenvalue weighted by Gasteiger charge is -2.39. The van der Waals surface area contributed by atoms with Gasteiger partial charge in [0.1, 0.15) is 5.69 Å². The van der Waals surface area contributed by atoms with Crippen LogP contribution in [0.5, 0.6) is 0 Å². The highest BCUT2D eigenvalue weighted by atomic mass is 32.1. The average molecular weight is 377 g/mol. The molecule has 1 aliphatic rings. The van der Waals surface area contributed by atoms with Crippen molar-refractivity contribution in [3.05, 3.63) is 53.0 Å². The minimum atomic E-state index is -0.249. The first-order valence-corrected chi connectivity index (χ1v) is 9.46. The summed E-state index contributed by atoms with van der Waals surface area (Å²) in [4.78, 5) is 21.5. The van der Waals surface area contributed by atoms with Crippen LogP contribution in [0.3, 0.4) is 0 Å². The van der Waals surface area contributed by atoms with Gasteiger partial charge in [-0.25, -0.2) is 15.0 Å². The minimum absolute atomic E-state index is 0.247. The summed E-state index contributed by atoms with van der Waals surface area (Å²) >= 11 is 1.50. The summed E-state index contributed by atoms with van der Waals surface area (Å²) in [6.45, 7) is 0. The lowest BCUT2D eigenvalue weighted by molar-refractivity contribution is 0.272. The van der Waals surface area contributed by atoms with Gasteiger partial charge in [0.25, 0.3) is 5.89 Å². The predicted octanol–water partition coefficient (Wildman–Crippen LogP) is 3.10. The van der Waals surface area contributed by atoms with Gasteiger partial charge in [0.15, 0.2) is 5.82 Å². The Balaban J connectivity index is 1.47. The van der Waals surface area contributed by atoms with E-state index in [1.165, 1.54) is 11.3 Å². The maximum absolute atomic E-state index is 5.54. The van der Waals surface area contributed by atoms with E-state index in [0.717, 1.165) is 36.1 Å². The van der Waals surface area contributed by atoms with Crippen LogP contribution in [-0.2, 0) is 5.41 Å². The molecule has 0 aromatic carbocycles. The highest BCUT2D eigenvalue weighted by Gasteiger charge is 2.45. The van der Waals surface area contributed by atoms with Crippen LogP contribution in [0.2, 0.25) is 0 Å². The molecule has 8 nitrogen and oxygen atoms in total. The molecule has 9 heteroatoms. The van der Waals surface area contributed by atoms with Crippen molar-refractivity contribution in [2.75, 3.05) is 5.73 Å². The van der Waals surface area contributed by atoms with Gasteiger partial charge in [-0.1, -0.05) is 17.6 Å². The fourth-order valence-corrected chi connectivity index (χ4v) is 3.86. The van der Waals surface area contributed by atoms with Gasteiger partial charge in [0, 0.05) is 29.5 Å². The Kier molecular flexibility index (Phi) is 3.68. The SMILES string of the molecule is Nc1ncc(-c2ccc(C3(c4noc(-c5cscn5)n4)CCC3)cn2)cn1. The van der Waals surface area contributed by atoms with Crippen molar-refractivity contribution < 1.29 is 4.52 Å². The van der Waals surface area contributed by atoms with E-state index in [2.05, 4.69) is 36.1 Å². The minimum Gasteiger partial charge on any atom is -0.368 e. The summed E-state index contributed by atoms with van der Waals surface area (Å²) in [6.07, 6.45) is 8.27. The molecule has 0 bridgehead atoms. The van der Waals surface area contributed by atoms with Crippen molar-refractivity contribution in [1.82, 2.24) is 30.1 Å². The Morgan fingerprint density at radius 3 is 2.48 bits per heavy atom. The average Bonchev–Trinajstić information content (AvgIpc) is 3.34. The van der Waals surface area contributed by atoms with Gasteiger partial charge in [0.2, 0.25) is 5.95 Å². The molecule has 0 spiro atoms. The molecule has 0 unspecified atom stereocenters. The molecule has 1 fully saturated rings. The zero-order valence-corrected chi connectivity index (χ0v) is 15.1. The molecule has 2 N–H and O–H groups in total. The molecule has 0 radical (unpaired) electrons. The van der Waals surface area contributed by atoms with Crippen LogP contribution in [0.1, 0.15) is 30.7 Å². The Labute approximate surface area is 158 Å². The second kappa shape index (κ2) is 6.20. The van der Waals surface area contributed by atoms with Gasteiger partial charge in [0.05, 0.1) is 16.6 Å². The van der Waals surface area contributed by atoms with E-state index in [-0.39, 0.29) is 11.4 Å². The highest BCUT2D eigenvalue weighted by molar-refractivity contribution is 7.07. The molecule has 134 valence electrons. The summed E-state index contributed by atoms with van der Waals surface area (Å²) in [5, 5.41) is 6.15. The largest absolute Gasteiger partial charge is 0.368 e.